The molecule has 10 heteroatoms. The van der Waals surface area contributed by atoms with E-state index in [9.17, 15) is 23.5 Å². The number of aromatic hydroxyl groups is 1. The molecule has 3 aromatic carbocycles. The van der Waals surface area contributed by atoms with E-state index >= 15 is 0 Å². The number of hydrogen-bond donors (Lipinski definition) is 3. The fourth-order valence-corrected chi connectivity index (χ4v) is 4.00. The van der Waals surface area contributed by atoms with E-state index in [0.717, 1.165) is 11.3 Å². The SMILES string of the molecule is CC(C)(NC(=O)c1cccc(O)c1)C(=O)Nc1nc(-c2ccc(F)cc2)c(Oc2ccc(F)cc2)s1. The number of phenolic OH excluding ortho intramolecular Hbond substituents is 1. The summed E-state index contributed by atoms with van der Waals surface area (Å²) in [6.45, 7) is 3.04. The molecule has 0 saturated carbocycles. The van der Waals surface area contributed by atoms with Gasteiger partial charge in [-0.1, -0.05) is 17.4 Å². The van der Waals surface area contributed by atoms with Gasteiger partial charge >= 0.3 is 0 Å². The summed E-state index contributed by atoms with van der Waals surface area (Å²) in [7, 11) is 0. The Labute approximate surface area is 209 Å². The molecule has 0 radical (unpaired) electrons. The van der Waals surface area contributed by atoms with Crippen molar-refractivity contribution in [3.05, 3.63) is 90.0 Å². The molecule has 0 aliphatic carbocycles. The number of anilines is 1. The Morgan fingerprint density at radius 3 is 2.25 bits per heavy atom. The molecule has 36 heavy (non-hydrogen) atoms. The van der Waals surface area contributed by atoms with Gasteiger partial charge < -0.3 is 15.2 Å². The van der Waals surface area contributed by atoms with Gasteiger partial charge in [-0.2, -0.15) is 0 Å². The minimum atomic E-state index is -1.35. The zero-order valence-corrected chi connectivity index (χ0v) is 20.0. The van der Waals surface area contributed by atoms with E-state index in [2.05, 4.69) is 15.6 Å². The monoisotopic (exact) mass is 509 g/mol. The van der Waals surface area contributed by atoms with Crippen molar-refractivity contribution in [3.8, 4) is 27.8 Å². The number of thiazole rings is 1. The maximum absolute atomic E-state index is 13.5. The fraction of sp³-hybridized carbons (Fsp3) is 0.115. The van der Waals surface area contributed by atoms with Crippen molar-refractivity contribution >= 4 is 28.3 Å². The van der Waals surface area contributed by atoms with Crippen LogP contribution in [-0.4, -0.2) is 27.4 Å². The lowest BCUT2D eigenvalue weighted by Crippen LogP contribution is -2.52. The van der Waals surface area contributed by atoms with Crippen LogP contribution in [0.4, 0.5) is 13.9 Å². The summed E-state index contributed by atoms with van der Waals surface area (Å²) < 4.78 is 32.6. The van der Waals surface area contributed by atoms with Crippen molar-refractivity contribution < 1.29 is 28.2 Å². The smallest absolute Gasteiger partial charge is 0.252 e. The van der Waals surface area contributed by atoms with Crippen LogP contribution in [0.25, 0.3) is 11.3 Å². The van der Waals surface area contributed by atoms with Crippen molar-refractivity contribution in [2.75, 3.05) is 5.32 Å². The lowest BCUT2D eigenvalue weighted by Gasteiger charge is -2.24. The average Bonchev–Trinajstić information content (AvgIpc) is 3.22. The van der Waals surface area contributed by atoms with Gasteiger partial charge in [-0.05, 0) is 80.6 Å². The summed E-state index contributed by atoms with van der Waals surface area (Å²) in [5, 5.41) is 15.4. The van der Waals surface area contributed by atoms with Gasteiger partial charge in [0, 0.05) is 11.1 Å². The molecule has 0 unspecified atom stereocenters. The average molecular weight is 510 g/mol. The molecule has 1 heterocycles. The topological polar surface area (TPSA) is 101 Å². The summed E-state index contributed by atoms with van der Waals surface area (Å²) in [6, 6.07) is 16.7. The van der Waals surface area contributed by atoms with E-state index < -0.39 is 29.0 Å². The molecule has 0 spiro atoms. The summed E-state index contributed by atoms with van der Waals surface area (Å²) >= 11 is 1.02. The number of nitrogens with zero attached hydrogens (tertiary/aromatic N) is 1. The zero-order valence-electron chi connectivity index (χ0n) is 19.2. The van der Waals surface area contributed by atoms with E-state index in [-0.39, 0.29) is 16.4 Å². The minimum absolute atomic E-state index is 0.0744. The van der Waals surface area contributed by atoms with Crippen LogP contribution in [0.5, 0.6) is 16.6 Å². The molecule has 0 bridgehead atoms. The number of amides is 2. The minimum Gasteiger partial charge on any atom is -0.508 e. The summed E-state index contributed by atoms with van der Waals surface area (Å²) in [4.78, 5) is 30.0. The van der Waals surface area contributed by atoms with Crippen molar-refractivity contribution in [2.45, 2.75) is 19.4 Å². The van der Waals surface area contributed by atoms with E-state index in [4.69, 9.17) is 4.74 Å². The van der Waals surface area contributed by atoms with Gasteiger partial charge in [-0.3, -0.25) is 14.9 Å². The first-order valence-electron chi connectivity index (χ1n) is 10.7. The molecule has 0 aliphatic rings. The van der Waals surface area contributed by atoms with Gasteiger partial charge in [-0.15, -0.1) is 0 Å². The Balaban J connectivity index is 1.57. The number of nitrogens with one attached hydrogen (secondary N) is 2. The molecule has 0 aliphatic heterocycles. The highest BCUT2D eigenvalue weighted by atomic mass is 32.1. The summed E-state index contributed by atoms with van der Waals surface area (Å²) in [6.07, 6.45) is 0. The van der Waals surface area contributed by atoms with E-state index in [0.29, 0.717) is 22.1 Å². The number of benzene rings is 3. The number of aromatic nitrogens is 1. The number of carbonyl (C=O) groups is 2. The van der Waals surface area contributed by atoms with E-state index in [1.54, 1.807) is 0 Å². The third-order valence-electron chi connectivity index (χ3n) is 5.06. The first-order chi connectivity index (χ1) is 17.1. The van der Waals surface area contributed by atoms with Crippen molar-refractivity contribution in [1.29, 1.82) is 0 Å². The standard InChI is InChI=1S/C26H21F2N3O4S/c1-26(2,31-22(33)16-4-3-5-19(32)14-16)24(34)30-25-29-21(15-6-8-17(27)9-7-15)23(36-25)35-20-12-10-18(28)11-13-20/h3-14,32H,1-2H3,(H,31,33)(H,29,30,34). The molecule has 4 rings (SSSR count). The summed E-state index contributed by atoms with van der Waals surface area (Å²) in [5.74, 6) is -1.67. The normalized spacial score (nSPS) is 11.1. The highest BCUT2D eigenvalue weighted by molar-refractivity contribution is 7.18. The Hall–Kier alpha value is -4.31. The highest BCUT2D eigenvalue weighted by Gasteiger charge is 2.31. The van der Waals surface area contributed by atoms with Gasteiger partial charge in [-0.25, -0.2) is 13.8 Å². The lowest BCUT2D eigenvalue weighted by molar-refractivity contribution is -0.120. The van der Waals surface area contributed by atoms with Crippen LogP contribution in [0.1, 0.15) is 24.2 Å². The molecular weight excluding hydrogens is 488 g/mol. The predicted molar refractivity (Wildman–Crippen MR) is 132 cm³/mol. The Morgan fingerprint density at radius 2 is 1.61 bits per heavy atom. The summed E-state index contributed by atoms with van der Waals surface area (Å²) in [5.41, 5.74) is -0.260. The molecular formula is C26H21F2N3O4S. The second kappa shape index (κ2) is 10.1. The molecule has 0 saturated heterocycles. The number of ether oxygens (including phenoxy) is 1. The number of hydrogen-bond acceptors (Lipinski definition) is 6. The first-order valence-corrected chi connectivity index (χ1v) is 11.6. The first kappa shape index (κ1) is 24.8. The van der Waals surface area contributed by atoms with Crippen LogP contribution >= 0.6 is 11.3 Å². The highest BCUT2D eigenvalue weighted by Crippen LogP contribution is 2.40. The van der Waals surface area contributed by atoms with Gasteiger partial charge in [0.2, 0.25) is 5.06 Å². The number of carbonyl (C=O) groups excluding carboxylic acids is 2. The van der Waals surface area contributed by atoms with Crippen LogP contribution in [0.3, 0.4) is 0 Å². The fourth-order valence-electron chi connectivity index (χ4n) is 3.14. The molecule has 3 N–H and O–H groups in total. The zero-order chi connectivity index (χ0) is 25.9. The number of phenols is 1. The molecule has 1 aromatic heterocycles. The predicted octanol–water partition coefficient (Wildman–Crippen LogP) is 5.73. The third kappa shape index (κ3) is 5.84. The van der Waals surface area contributed by atoms with Gasteiger partial charge in [0.1, 0.15) is 34.4 Å². The van der Waals surface area contributed by atoms with Gasteiger partial charge in [0.05, 0.1) is 0 Å². The second-order valence-electron chi connectivity index (χ2n) is 8.30. The maximum atomic E-state index is 13.5. The van der Waals surface area contributed by atoms with Crippen molar-refractivity contribution in [2.24, 2.45) is 0 Å². The molecule has 7 nitrogen and oxygen atoms in total. The lowest BCUT2D eigenvalue weighted by atomic mass is 10.0. The molecule has 184 valence electrons. The number of rotatable bonds is 7. The maximum Gasteiger partial charge on any atom is 0.252 e. The van der Waals surface area contributed by atoms with Crippen molar-refractivity contribution in [1.82, 2.24) is 10.3 Å². The third-order valence-corrected chi connectivity index (χ3v) is 5.91. The van der Waals surface area contributed by atoms with Gasteiger partial charge in [0.25, 0.3) is 11.8 Å². The quantitative estimate of drug-likeness (QED) is 0.295. The van der Waals surface area contributed by atoms with E-state index in [1.165, 1.54) is 86.6 Å². The Kier molecular flexibility index (Phi) is 6.98. The van der Waals surface area contributed by atoms with Crippen LogP contribution in [-0.2, 0) is 4.79 Å². The van der Waals surface area contributed by atoms with E-state index in [1.807, 2.05) is 0 Å². The van der Waals surface area contributed by atoms with Crippen LogP contribution in [0, 0.1) is 11.6 Å². The number of halogens is 2. The Bertz CT molecular complexity index is 1400. The van der Waals surface area contributed by atoms with Crippen LogP contribution in [0.15, 0.2) is 72.8 Å². The van der Waals surface area contributed by atoms with Gasteiger partial charge in [0.15, 0.2) is 5.13 Å². The molecule has 4 aromatic rings. The van der Waals surface area contributed by atoms with Crippen LogP contribution in [0.2, 0.25) is 0 Å². The van der Waals surface area contributed by atoms with Crippen LogP contribution < -0.4 is 15.4 Å². The molecule has 0 atom stereocenters. The molecule has 0 fully saturated rings. The largest absolute Gasteiger partial charge is 0.508 e. The molecule has 2 amide bonds. The van der Waals surface area contributed by atoms with Crippen molar-refractivity contribution in [3.63, 3.8) is 0 Å². The second-order valence-corrected chi connectivity index (χ2v) is 9.26. The Morgan fingerprint density at radius 1 is 0.972 bits per heavy atom.